The van der Waals surface area contributed by atoms with Crippen LogP contribution in [0, 0.1) is 0 Å². The van der Waals surface area contributed by atoms with E-state index in [1.807, 2.05) is 0 Å². The van der Waals surface area contributed by atoms with Crippen molar-refractivity contribution in [2.45, 2.75) is 13.5 Å². The third-order valence-corrected chi connectivity index (χ3v) is 3.59. The molecule has 1 aromatic carbocycles. The van der Waals surface area contributed by atoms with Gasteiger partial charge in [0.25, 0.3) is 5.56 Å². The van der Waals surface area contributed by atoms with Crippen molar-refractivity contribution < 1.29 is 14.7 Å². The van der Waals surface area contributed by atoms with E-state index in [2.05, 4.69) is 25.3 Å². The van der Waals surface area contributed by atoms with Gasteiger partial charge in [0.2, 0.25) is 5.95 Å². The number of benzene rings is 1. The lowest BCUT2D eigenvalue weighted by atomic mass is 10.0. The van der Waals surface area contributed by atoms with Crippen LogP contribution in [0.5, 0.6) is 0 Å². The van der Waals surface area contributed by atoms with Crippen LogP contribution in [0.3, 0.4) is 0 Å². The third kappa shape index (κ3) is 3.34. The largest absolute Gasteiger partial charge is 0.478 e. The van der Waals surface area contributed by atoms with Crippen LogP contribution in [0.1, 0.15) is 33.3 Å². The summed E-state index contributed by atoms with van der Waals surface area (Å²) in [6, 6.07) is 4.35. The molecule has 26 heavy (non-hydrogen) atoms. The number of carboxylic acids is 1. The van der Waals surface area contributed by atoms with Crippen molar-refractivity contribution in [3.8, 4) is 0 Å². The van der Waals surface area contributed by atoms with E-state index in [1.165, 1.54) is 25.3 Å². The Morgan fingerprint density at radius 3 is 2.73 bits per heavy atom. The molecule has 0 aliphatic carbocycles. The fraction of sp³-hybridized carbons (Fsp3) is 0.125. The third-order valence-electron chi connectivity index (χ3n) is 3.59. The number of carbonyl (C=O) groups excluding carboxylic acids is 1. The van der Waals surface area contributed by atoms with Gasteiger partial charge in [0.15, 0.2) is 16.9 Å². The number of H-pyrrole nitrogens is 1. The standard InChI is InChI=1S/C16H14N6O4/c1-7(23)11-4-8(2-3-10(11)15(25)26)18-5-9-6-19-13-12(20-9)14(24)22-16(17)21-13/h2-4,6,18H,5H2,1H3,(H,25,26)(H3,17,19,21,22,24). The molecule has 2 heterocycles. The highest BCUT2D eigenvalue weighted by Gasteiger charge is 2.14. The summed E-state index contributed by atoms with van der Waals surface area (Å²) in [5.74, 6) is -1.57. The van der Waals surface area contributed by atoms with Crippen LogP contribution in [0.2, 0.25) is 0 Å². The molecule has 10 nitrogen and oxygen atoms in total. The van der Waals surface area contributed by atoms with Crippen LogP contribution in [0.4, 0.5) is 11.6 Å². The minimum absolute atomic E-state index is 0.0436. The van der Waals surface area contributed by atoms with E-state index in [1.54, 1.807) is 6.07 Å². The average molecular weight is 354 g/mol. The molecule has 3 aromatic rings. The van der Waals surface area contributed by atoms with Gasteiger partial charge in [0.05, 0.1) is 24.0 Å². The number of nitrogens with zero attached hydrogens (tertiary/aromatic N) is 3. The van der Waals surface area contributed by atoms with Gasteiger partial charge in [-0.15, -0.1) is 0 Å². The zero-order chi connectivity index (χ0) is 18.8. The summed E-state index contributed by atoms with van der Waals surface area (Å²) in [5, 5.41) is 12.1. The van der Waals surface area contributed by atoms with Crippen molar-refractivity contribution in [3.05, 3.63) is 51.6 Å². The summed E-state index contributed by atoms with van der Waals surface area (Å²) >= 11 is 0. The van der Waals surface area contributed by atoms with Crippen molar-refractivity contribution in [1.29, 1.82) is 0 Å². The molecule has 0 amide bonds. The first-order valence-electron chi connectivity index (χ1n) is 7.48. The van der Waals surface area contributed by atoms with E-state index in [9.17, 15) is 14.4 Å². The molecule has 2 aromatic heterocycles. The molecule has 5 N–H and O–H groups in total. The Labute approximate surface area is 146 Å². The molecule has 0 atom stereocenters. The topological polar surface area (TPSA) is 164 Å². The Hall–Kier alpha value is -3.82. The van der Waals surface area contributed by atoms with Crippen molar-refractivity contribution in [1.82, 2.24) is 19.9 Å². The van der Waals surface area contributed by atoms with Crippen LogP contribution in [0.15, 0.2) is 29.2 Å². The van der Waals surface area contributed by atoms with Crippen molar-refractivity contribution in [2.75, 3.05) is 11.1 Å². The molecule has 0 aliphatic heterocycles. The normalized spacial score (nSPS) is 10.7. The summed E-state index contributed by atoms with van der Waals surface area (Å²) in [6.07, 6.45) is 1.44. The predicted octanol–water partition coefficient (Wildman–Crippen LogP) is 0.808. The maximum absolute atomic E-state index is 11.9. The summed E-state index contributed by atoms with van der Waals surface area (Å²) in [5.41, 5.74) is 6.18. The molecule has 0 aliphatic rings. The second kappa shape index (κ2) is 6.59. The number of ketones is 1. The average Bonchev–Trinajstić information content (AvgIpc) is 2.59. The fourth-order valence-electron chi connectivity index (χ4n) is 2.38. The summed E-state index contributed by atoms with van der Waals surface area (Å²) in [4.78, 5) is 49.1. The quantitative estimate of drug-likeness (QED) is 0.485. The predicted molar refractivity (Wildman–Crippen MR) is 93.1 cm³/mol. The van der Waals surface area contributed by atoms with E-state index in [4.69, 9.17) is 10.8 Å². The van der Waals surface area contributed by atoms with Crippen molar-refractivity contribution in [3.63, 3.8) is 0 Å². The molecule has 0 saturated heterocycles. The second-order valence-electron chi connectivity index (χ2n) is 5.46. The highest BCUT2D eigenvalue weighted by molar-refractivity contribution is 6.05. The number of Topliss-reactive ketones (excluding diaryl/α,β-unsaturated/α-hetero) is 1. The number of fused-ring (bicyclic) bond motifs is 1. The van der Waals surface area contributed by atoms with Gasteiger partial charge in [-0.1, -0.05) is 0 Å². The van der Waals surface area contributed by atoms with Gasteiger partial charge in [-0.25, -0.2) is 14.8 Å². The number of nitrogens with two attached hydrogens (primary N) is 1. The molecule has 0 saturated carbocycles. The summed E-state index contributed by atoms with van der Waals surface area (Å²) in [7, 11) is 0. The van der Waals surface area contributed by atoms with Crippen LogP contribution >= 0.6 is 0 Å². The number of nitrogen functional groups attached to an aromatic ring is 1. The zero-order valence-electron chi connectivity index (χ0n) is 13.6. The Kier molecular flexibility index (Phi) is 4.31. The minimum Gasteiger partial charge on any atom is -0.478 e. The van der Waals surface area contributed by atoms with Gasteiger partial charge in [-0.3, -0.25) is 14.6 Å². The van der Waals surface area contributed by atoms with Gasteiger partial charge >= 0.3 is 5.97 Å². The Balaban J connectivity index is 1.86. The Morgan fingerprint density at radius 1 is 1.27 bits per heavy atom. The molecule has 132 valence electrons. The number of anilines is 2. The number of aromatic carboxylic acids is 1. The number of rotatable bonds is 5. The van der Waals surface area contributed by atoms with Crippen LogP contribution in [-0.4, -0.2) is 36.8 Å². The van der Waals surface area contributed by atoms with Crippen molar-refractivity contribution in [2.24, 2.45) is 0 Å². The molecular weight excluding hydrogens is 340 g/mol. The molecular formula is C16H14N6O4. The number of nitrogens with one attached hydrogen (secondary N) is 2. The molecule has 10 heteroatoms. The van der Waals surface area contributed by atoms with E-state index in [0.717, 1.165) is 0 Å². The molecule has 0 fully saturated rings. The number of carboxylic acid groups (broad SMARTS) is 1. The number of aromatic nitrogens is 4. The molecule has 0 spiro atoms. The van der Waals surface area contributed by atoms with E-state index < -0.39 is 11.5 Å². The fourth-order valence-corrected chi connectivity index (χ4v) is 2.38. The van der Waals surface area contributed by atoms with Gasteiger partial charge < -0.3 is 16.2 Å². The molecule has 0 bridgehead atoms. The number of carbonyl (C=O) groups is 2. The number of hydrogen-bond donors (Lipinski definition) is 4. The minimum atomic E-state index is -1.17. The van der Waals surface area contributed by atoms with E-state index >= 15 is 0 Å². The monoisotopic (exact) mass is 354 g/mol. The Morgan fingerprint density at radius 2 is 2.04 bits per heavy atom. The maximum atomic E-state index is 11.9. The highest BCUT2D eigenvalue weighted by atomic mass is 16.4. The van der Waals surface area contributed by atoms with Gasteiger partial charge in [0, 0.05) is 11.3 Å². The molecule has 3 rings (SSSR count). The lowest BCUT2D eigenvalue weighted by Gasteiger charge is -2.09. The smallest absolute Gasteiger partial charge is 0.336 e. The lowest BCUT2D eigenvalue weighted by molar-refractivity contribution is 0.0692. The summed E-state index contributed by atoms with van der Waals surface area (Å²) < 4.78 is 0. The first-order valence-corrected chi connectivity index (χ1v) is 7.48. The van der Waals surface area contributed by atoms with E-state index in [-0.39, 0.29) is 40.6 Å². The second-order valence-corrected chi connectivity index (χ2v) is 5.46. The van der Waals surface area contributed by atoms with Gasteiger partial charge in [-0.05, 0) is 25.1 Å². The van der Waals surface area contributed by atoms with Crippen LogP contribution in [0.25, 0.3) is 11.2 Å². The van der Waals surface area contributed by atoms with E-state index in [0.29, 0.717) is 11.4 Å². The number of hydrogen-bond acceptors (Lipinski definition) is 8. The first-order chi connectivity index (χ1) is 12.3. The highest BCUT2D eigenvalue weighted by Crippen LogP contribution is 2.17. The van der Waals surface area contributed by atoms with Crippen LogP contribution < -0.4 is 16.6 Å². The molecule has 0 radical (unpaired) electrons. The van der Waals surface area contributed by atoms with Gasteiger partial charge in [-0.2, -0.15) is 4.98 Å². The zero-order valence-corrected chi connectivity index (χ0v) is 13.6. The SMILES string of the molecule is CC(=O)c1cc(NCc2cnc3nc(N)[nH]c(=O)c3n2)ccc1C(=O)O. The maximum Gasteiger partial charge on any atom is 0.336 e. The van der Waals surface area contributed by atoms with Crippen LogP contribution in [-0.2, 0) is 6.54 Å². The number of aromatic amines is 1. The van der Waals surface area contributed by atoms with Gasteiger partial charge in [0.1, 0.15) is 0 Å². The lowest BCUT2D eigenvalue weighted by Crippen LogP contribution is -2.15. The molecule has 0 unspecified atom stereocenters. The van der Waals surface area contributed by atoms with Crippen molar-refractivity contribution >= 4 is 34.6 Å². The Bertz CT molecular complexity index is 1090. The summed E-state index contributed by atoms with van der Waals surface area (Å²) in [6.45, 7) is 1.50. The first kappa shape index (κ1) is 17.0.